The van der Waals surface area contributed by atoms with Crippen molar-refractivity contribution in [2.45, 2.75) is 51.2 Å². The van der Waals surface area contributed by atoms with Crippen LogP contribution in [0.5, 0.6) is 0 Å². The van der Waals surface area contributed by atoms with Gasteiger partial charge in [0, 0.05) is 18.5 Å². The molecule has 0 spiro atoms. The van der Waals surface area contributed by atoms with E-state index in [9.17, 15) is 8.42 Å². The summed E-state index contributed by atoms with van der Waals surface area (Å²) in [5.41, 5.74) is 0.289. The Hall–Kier alpha value is -0.170. The van der Waals surface area contributed by atoms with E-state index in [0.717, 1.165) is 38.3 Å². The summed E-state index contributed by atoms with van der Waals surface area (Å²) in [7, 11) is -3.00. The van der Waals surface area contributed by atoms with Gasteiger partial charge in [0.15, 0.2) is 5.79 Å². The molecule has 0 aromatic rings. The molecule has 0 radical (unpaired) electrons. The maximum absolute atomic E-state index is 12.3. The summed E-state index contributed by atoms with van der Waals surface area (Å²) >= 11 is 0. The molecule has 0 amide bonds. The van der Waals surface area contributed by atoms with Crippen molar-refractivity contribution in [3.05, 3.63) is 0 Å². The summed E-state index contributed by atoms with van der Waals surface area (Å²) in [6, 6.07) is 0. The Bertz CT molecular complexity index is 629. The topological polar surface area (TPSA) is 55.8 Å². The van der Waals surface area contributed by atoms with Gasteiger partial charge in [-0.25, -0.2) is 12.7 Å². The predicted molar refractivity (Wildman–Crippen MR) is 85.2 cm³/mol. The summed E-state index contributed by atoms with van der Waals surface area (Å²) in [4.78, 5) is 0. The van der Waals surface area contributed by atoms with E-state index in [4.69, 9.17) is 9.47 Å². The van der Waals surface area contributed by atoms with Gasteiger partial charge in [-0.1, -0.05) is 0 Å². The zero-order valence-corrected chi connectivity index (χ0v) is 14.7. The second-order valence-corrected chi connectivity index (χ2v) is 11.0. The van der Waals surface area contributed by atoms with Crippen molar-refractivity contribution >= 4 is 10.0 Å². The van der Waals surface area contributed by atoms with Crippen molar-refractivity contribution in [2.75, 3.05) is 32.1 Å². The highest BCUT2D eigenvalue weighted by Crippen LogP contribution is 2.74. The summed E-state index contributed by atoms with van der Waals surface area (Å²) in [5, 5.41) is 0. The van der Waals surface area contributed by atoms with E-state index in [1.54, 1.807) is 4.31 Å². The number of hydrogen-bond acceptors (Lipinski definition) is 4. The number of rotatable bonds is 3. The number of ether oxygens (including phenoxy) is 2. The largest absolute Gasteiger partial charge is 0.347 e. The molecule has 4 bridgehead atoms. The van der Waals surface area contributed by atoms with E-state index in [2.05, 4.69) is 6.92 Å². The standard InChI is InChI=1S/C17H27NO4S/c1-15(21-4-5-22-15)17-9-13-7-14(17)10-16(8-13,11-17)12-18-3-2-6-23(18,19)20/h13-14H,2-12H2,1H3. The van der Waals surface area contributed by atoms with Crippen molar-refractivity contribution in [2.24, 2.45) is 22.7 Å². The van der Waals surface area contributed by atoms with Gasteiger partial charge in [0.1, 0.15) is 0 Å². The van der Waals surface area contributed by atoms with Crippen LogP contribution in [-0.2, 0) is 19.5 Å². The molecule has 4 saturated carbocycles. The molecule has 2 heterocycles. The number of nitrogens with zero attached hydrogens (tertiary/aromatic N) is 1. The molecule has 4 atom stereocenters. The molecule has 6 heteroatoms. The lowest BCUT2D eigenvalue weighted by atomic mass is 9.64. The van der Waals surface area contributed by atoms with Crippen LogP contribution in [0.3, 0.4) is 0 Å². The van der Waals surface area contributed by atoms with E-state index < -0.39 is 15.8 Å². The first-order chi connectivity index (χ1) is 10.9. The van der Waals surface area contributed by atoms with Crippen LogP contribution < -0.4 is 0 Å². The number of sulfonamides is 1. The van der Waals surface area contributed by atoms with Crippen LogP contribution in [0, 0.1) is 22.7 Å². The third-order valence-electron chi connectivity index (χ3n) is 7.60. The monoisotopic (exact) mass is 341 g/mol. The molecule has 6 fully saturated rings. The minimum Gasteiger partial charge on any atom is -0.347 e. The maximum atomic E-state index is 12.3. The molecule has 0 N–H and O–H groups in total. The molecular formula is C17H27NO4S. The van der Waals surface area contributed by atoms with Crippen LogP contribution in [0.2, 0.25) is 0 Å². The Morgan fingerprint density at radius 2 is 1.96 bits per heavy atom. The van der Waals surface area contributed by atoms with Gasteiger partial charge in [-0.05, 0) is 62.7 Å². The minimum atomic E-state index is -3.00. The molecule has 0 aromatic heterocycles. The first-order valence-electron chi connectivity index (χ1n) is 9.12. The van der Waals surface area contributed by atoms with E-state index in [0.29, 0.717) is 24.9 Å². The molecule has 6 aliphatic rings. The molecule has 6 rings (SSSR count). The van der Waals surface area contributed by atoms with Gasteiger partial charge in [-0.15, -0.1) is 0 Å². The molecule has 130 valence electrons. The Morgan fingerprint density at radius 1 is 1.17 bits per heavy atom. The SMILES string of the molecule is CC1(C23CC4CC2CC(CN2CCCS2(=O)=O)(C4)C3)OCCO1. The zero-order chi connectivity index (χ0) is 15.9. The summed E-state index contributed by atoms with van der Waals surface area (Å²) < 4.78 is 38.5. The molecule has 4 unspecified atom stereocenters. The fourth-order valence-electron chi connectivity index (χ4n) is 7.02. The van der Waals surface area contributed by atoms with Crippen molar-refractivity contribution < 1.29 is 17.9 Å². The number of hydrogen-bond donors (Lipinski definition) is 0. The Balaban J connectivity index is 1.46. The van der Waals surface area contributed by atoms with E-state index >= 15 is 0 Å². The van der Waals surface area contributed by atoms with Gasteiger partial charge in [0.2, 0.25) is 10.0 Å². The van der Waals surface area contributed by atoms with E-state index in [-0.39, 0.29) is 10.8 Å². The molecular weight excluding hydrogens is 314 g/mol. The summed E-state index contributed by atoms with van der Waals surface area (Å²) in [6.07, 6.45) is 6.74. The van der Waals surface area contributed by atoms with Crippen molar-refractivity contribution in [1.29, 1.82) is 0 Å². The molecule has 2 aliphatic heterocycles. The second kappa shape index (κ2) is 4.51. The normalized spacial score (nSPS) is 50.1. The van der Waals surface area contributed by atoms with Gasteiger partial charge in [-0.2, -0.15) is 0 Å². The maximum Gasteiger partial charge on any atom is 0.214 e. The Kier molecular flexibility index (Phi) is 2.96. The molecule has 2 saturated heterocycles. The van der Waals surface area contributed by atoms with Crippen LogP contribution in [0.15, 0.2) is 0 Å². The quantitative estimate of drug-likeness (QED) is 0.788. The van der Waals surface area contributed by atoms with Crippen LogP contribution in [0.4, 0.5) is 0 Å². The highest BCUT2D eigenvalue weighted by atomic mass is 32.2. The average Bonchev–Trinajstić information content (AvgIpc) is 3.16. The highest BCUT2D eigenvalue weighted by Gasteiger charge is 2.71. The van der Waals surface area contributed by atoms with Crippen molar-refractivity contribution in [1.82, 2.24) is 4.31 Å². The van der Waals surface area contributed by atoms with Crippen LogP contribution in [-0.4, -0.2) is 50.6 Å². The molecule has 0 aromatic carbocycles. The van der Waals surface area contributed by atoms with Gasteiger partial charge in [0.25, 0.3) is 0 Å². The Labute approximate surface area is 138 Å². The zero-order valence-electron chi connectivity index (χ0n) is 13.9. The lowest BCUT2D eigenvalue weighted by molar-refractivity contribution is -0.237. The first kappa shape index (κ1) is 15.1. The molecule has 5 nitrogen and oxygen atoms in total. The third kappa shape index (κ3) is 1.92. The first-order valence-corrected chi connectivity index (χ1v) is 10.7. The Morgan fingerprint density at radius 3 is 2.65 bits per heavy atom. The van der Waals surface area contributed by atoms with Crippen molar-refractivity contribution in [3.63, 3.8) is 0 Å². The van der Waals surface area contributed by atoms with Crippen LogP contribution in [0.25, 0.3) is 0 Å². The fourth-order valence-corrected chi connectivity index (χ4v) is 8.65. The van der Waals surface area contributed by atoms with Crippen molar-refractivity contribution in [3.8, 4) is 0 Å². The second-order valence-electron chi connectivity index (χ2n) is 8.89. The average molecular weight is 341 g/mol. The lowest BCUT2D eigenvalue weighted by Gasteiger charge is -2.47. The highest BCUT2D eigenvalue weighted by molar-refractivity contribution is 7.89. The predicted octanol–water partition coefficient (Wildman–Crippen LogP) is 1.98. The van der Waals surface area contributed by atoms with Gasteiger partial charge in [-0.3, -0.25) is 0 Å². The van der Waals surface area contributed by atoms with E-state index in [1.807, 2.05) is 0 Å². The van der Waals surface area contributed by atoms with Gasteiger partial charge >= 0.3 is 0 Å². The summed E-state index contributed by atoms with van der Waals surface area (Å²) in [6.45, 7) is 4.99. The van der Waals surface area contributed by atoms with Gasteiger partial charge < -0.3 is 9.47 Å². The fraction of sp³-hybridized carbons (Fsp3) is 1.00. The minimum absolute atomic E-state index is 0.121. The smallest absolute Gasteiger partial charge is 0.214 e. The van der Waals surface area contributed by atoms with Crippen LogP contribution >= 0.6 is 0 Å². The lowest BCUT2D eigenvalue weighted by Crippen LogP contribution is -2.50. The van der Waals surface area contributed by atoms with Crippen LogP contribution in [0.1, 0.15) is 45.4 Å². The molecule has 23 heavy (non-hydrogen) atoms. The third-order valence-corrected chi connectivity index (χ3v) is 9.50. The van der Waals surface area contributed by atoms with E-state index in [1.165, 1.54) is 19.3 Å². The molecule has 4 aliphatic carbocycles. The summed E-state index contributed by atoms with van der Waals surface area (Å²) in [5.74, 6) is 1.27. The van der Waals surface area contributed by atoms with Gasteiger partial charge in [0.05, 0.1) is 19.0 Å².